The summed E-state index contributed by atoms with van der Waals surface area (Å²) in [5, 5.41) is 0. The fourth-order valence-corrected chi connectivity index (χ4v) is 1.96. The number of rotatable bonds is 6. The number of hydrogen-bond acceptors (Lipinski definition) is 2. The number of carbonyl (C=O) groups excluding carboxylic acids is 1. The van der Waals surface area contributed by atoms with E-state index in [4.69, 9.17) is 4.74 Å². The number of benzene rings is 1. The predicted molar refractivity (Wildman–Crippen MR) is 78.6 cm³/mol. The molecule has 0 aliphatic carbocycles. The molecule has 4 nitrogen and oxygen atoms in total. The zero-order chi connectivity index (χ0) is 14.4. The molecule has 0 aliphatic rings. The molecule has 0 aliphatic heterocycles. The van der Waals surface area contributed by atoms with E-state index in [1.807, 2.05) is 37.3 Å². The lowest BCUT2D eigenvalue weighted by atomic mass is 10.2. The van der Waals surface area contributed by atoms with Crippen molar-refractivity contribution in [3.8, 4) is 0 Å². The van der Waals surface area contributed by atoms with Gasteiger partial charge in [0.1, 0.15) is 0 Å². The maximum atomic E-state index is 12.1. The molecule has 2 aromatic rings. The lowest BCUT2D eigenvalue weighted by molar-refractivity contribution is 0.0670. The third kappa shape index (κ3) is 3.71. The highest BCUT2D eigenvalue weighted by molar-refractivity contribution is 5.95. The van der Waals surface area contributed by atoms with Crippen LogP contribution in [0.5, 0.6) is 0 Å². The number of carbonyl (C=O) groups is 1. The highest BCUT2D eigenvalue weighted by Gasteiger charge is 2.14. The number of ether oxygens (including phenoxy) is 1. The van der Waals surface area contributed by atoms with Crippen molar-refractivity contribution >= 4 is 5.91 Å². The summed E-state index contributed by atoms with van der Waals surface area (Å²) < 4.78 is 5.59. The van der Waals surface area contributed by atoms with Crippen LogP contribution in [0.15, 0.2) is 42.6 Å². The SMILES string of the molecule is Cc1[nH]ccc1C(=O)N(C)CCOCc1ccccc1. The van der Waals surface area contributed by atoms with Gasteiger partial charge in [-0.05, 0) is 18.6 Å². The quantitative estimate of drug-likeness (QED) is 0.822. The average Bonchev–Trinajstić information content (AvgIpc) is 2.90. The van der Waals surface area contributed by atoms with E-state index in [1.54, 1.807) is 24.2 Å². The Balaban J connectivity index is 1.74. The number of nitrogens with one attached hydrogen (secondary N) is 1. The molecule has 0 spiro atoms. The summed E-state index contributed by atoms with van der Waals surface area (Å²) in [7, 11) is 1.79. The molecular weight excluding hydrogens is 252 g/mol. The highest BCUT2D eigenvalue weighted by atomic mass is 16.5. The van der Waals surface area contributed by atoms with Crippen LogP contribution in [-0.2, 0) is 11.3 Å². The van der Waals surface area contributed by atoms with Gasteiger partial charge < -0.3 is 14.6 Å². The van der Waals surface area contributed by atoms with E-state index in [1.165, 1.54) is 0 Å². The van der Waals surface area contributed by atoms with Crippen LogP contribution >= 0.6 is 0 Å². The van der Waals surface area contributed by atoms with Crippen molar-refractivity contribution in [2.45, 2.75) is 13.5 Å². The molecular formula is C16H20N2O2. The molecule has 106 valence electrons. The standard InChI is InChI=1S/C16H20N2O2/c1-13-15(8-9-17-13)16(19)18(2)10-11-20-12-14-6-4-3-5-7-14/h3-9,17H,10-12H2,1-2H3. The van der Waals surface area contributed by atoms with Gasteiger partial charge in [0.15, 0.2) is 0 Å². The Morgan fingerprint density at radius 3 is 2.65 bits per heavy atom. The molecule has 1 heterocycles. The van der Waals surface area contributed by atoms with Crippen LogP contribution in [0.1, 0.15) is 21.6 Å². The second-order valence-corrected chi connectivity index (χ2v) is 4.78. The molecule has 0 unspecified atom stereocenters. The molecule has 0 bridgehead atoms. The lowest BCUT2D eigenvalue weighted by Gasteiger charge is -2.17. The van der Waals surface area contributed by atoms with Gasteiger partial charge in [0.2, 0.25) is 0 Å². The van der Waals surface area contributed by atoms with Crippen molar-refractivity contribution in [2.75, 3.05) is 20.2 Å². The molecule has 0 radical (unpaired) electrons. The molecule has 1 aromatic heterocycles. The van der Waals surface area contributed by atoms with E-state index < -0.39 is 0 Å². The summed E-state index contributed by atoms with van der Waals surface area (Å²) in [5.74, 6) is 0.0204. The van der Waals surface area contributed by atoms with Crippen LogP contribution in [0, 0.1) is 6.92 Å². The van der Waals surface area contributed by atoms with Crippen LogP contribution in [0.4, 0.5) is 0 Å². The van der Waals surface area contributed by atoms with Crippen LogP contribution in [-0.4, -0.2) is 36.0 Å². The van der Waals surface area contributed by atoms with E-state index >= 15 is 0 Å². The topological polar surface area (TPSA) is 45.3 Å². The maximum absolute atomic E-state index is 12.1. The molecule has 1 amide bonds. The number of aromatic amines is 1. The van der Waals surface area contributed by atoms with Gasteiger partial charge in [0.25, 0.3) is 5.91 Å². The second kappa shape index (κ2) is 6.91. The van der Waals surface area contributed by atoms with Gasteiger partial charge in [0, 0.05) is 25.5 Å². The molecule has 20 heavy (non-hydrogen) atoms. The van der Waals surface area contributed by atoms with Gasteiger partial charge in [0.05, 0.1) is 18.8 Å². The van der Waals surface area contributed by atoms with E-state index in [0.717, 1.165) is 16.8 Å². The third-order valence-corrected chi connectivity index (χ3v) is 3.21. The zero-order valence-corrected chi connectivity index (χ0v) is 11.9. The van der Waals surface area contributed by atoms with Gasteiger partial charge in [-0.3, -0.25) is 4.79 Å². The first-order chi connectivity index (χ1) is 9.68. The fraction of sp³-hybridized carbons (Fsp3) is 0.312. The molecule has 0 saturated carbocycles. The number of likely N-dealkylation sites (N-methyl/N-ethyl adjacent to an activating group) is 1. The van der Waals surface area contributed by atoms with Crippen molar-refractivity contribution in [1.82, 2.24) is 9.88 Å². The van der Waals surface area contributed by atoms with Crippen molar-refractivity contribution in [1.29, 1.82) is 0 Å². The van der Waals surface area contributed by atoms with Crippen LogP contribution in [0.25, 0.3) is 0 Å². The Morgan fingerprint density at radius 1 is 1.25 bits per heavy atom. The number of aryl methyl sites for hydroxylation is 1. The summed E-state index contributed by atoms with van der Waals surface area (Å²) in [5.41, 5.74) is 2.76. The van der Waals surface area contributed by atoms with Gasteiger partial charge in [-0.1, -0.05) is 30.3 Å². The number of H-pyrrole nitrogens is 1. The Bertz CT molecular complexity index is 549. The van der Waals surface area contributed by atoms with Gasteiger partial charge in [-0.25, -0.2) is 0 Å². The first-order valence-electron chi connectivity index (χ1n) is 6.69. The summed E-state index contributed by atoms with van der Waals surface area (Å²) in [6, 6.07) is 11.8. The summed E-state index contributed by atoms with van der Waals surface area (Å²) in [6.45, 7) is 3.58. The maximum Gasteiger partial charge on any atom is 0.255 e. The molecule has 1 N–H and O–H groups in total. The number of amides is 1. The highest BCUT2D eigenvalue weighted by Crippen LogP contribution is 2.08. The van der Waals surface area contributed by atoms with Crippen LogP contribution in [0.3, 0.4) is 0 Å². The van der Waals surface area contributed by atoms with Crippen molar-refractivity contribution < 1.29 is 9.53 Å². The second-order valence-electron chi connectivity index (χ2n) is 4.78. The number of hydrogen-bond donors (Lipinski definition) is 1. The minimum absolute atomic E-state index is 0.0204. The first kappa shape index (κ1) is 14.3. The Morgan fingerprint density at radius 2 is 2.00 bits per heavy atom. The van der Waals surface area contributed by atoms with Gasteiger partial charge >= 0.3 is 0 Å². The normalized spacial score (nSPS) is 10.5. The molecule has 1 aromatic carbocycles. The molecule has 0 fully saturated rings. The summed E-state index contributed by atoms with van der Waals surface area (Å²) >= 11 is 0. The number of nitrogens with zero attached hydrogens (tertiary/aromatic N) is 1. The average molecular weight is 272 g/mol. The minimum Gasteiger partial charge on any atom is -0.375 e. The smallest absolute Gasteiger partial charge is 0.255 e. The Kier molecular flexibility index (Phi) is 4.96. The Hall–Kier alpha value is -2.07. The lowest BCUT2D eigenvalue weighted by Crippen LogP contribution is -2.30. The molecule has 0 saturated heterocycles. The van der Waals surface area contributed by atoms with E-state index in [-0.39, 0.29) is 5.91 Å². The molecule has 2 rings (SSSR count). The van der Waals surface area contributed by atoms with Crippen molar-refractivity contribution in [3.63, 3.8) is 0 Å². The van der Waals surface area contributed by atoms with E-state index in [0.29, 0.717) is 19.8 Å². The number of aromatic nitrogens is 1. The van der Waals surface area contributed by atoms with Crippen molar-refractivity contribution in [2.24, 2.45) is 0 Å². The van der Waals surface area contributed by atoms with Gasteiger partial charge in [-0.2, -0.15) is 0 Å². The van der Waals surface area contributed by atoms with E-state index in [2.05, 4.69) is 4.98 Å². The van der Waals surface area contributed by atoms with E-state index in [9.17, 15) is 4.79 Å². The predicted octanol–water partition coefficient (Wildman–Crippen LogP) is 2.61. The largest absolute Gasteiger partial charge is 0.375 e. The first-order valence-corrected chi connectivity index (χ1v) is 6.69. The van der Waals surface area contributed by atoms with Gasteiger partial charge in [-0.15, -0.1) is 0 Å². The molecule has 4 heteroatoms. The zero-order valence-electron chi connectivity index (χ0n) is 11.9. The van der Waals surface area contributed by atoms with Crippen LogP contribution < -0.4 is 0 Å². The fourth-order valence-electron chi connectivity index (χ4n) is 1.96. The third-order valence-electron chi connectivity index (χ3n) is 3.21. The minimum atomic E-state index is 0.0204. The van der Waals surface area contributed by atoms with Crippen molar-refractivity contribution in [3.05, 3.63) is 59.4 Å². The monoisotopic (exact) mass is 272 g/mol. The summed E-state index contributed by atoms with van der Waals surface area (Å²) in [6.07, 6.45) is 1.78. The molecule has 0 atom stereocenters. The Labute approximate surface area is 119 Å². The van der Waals surface area contributed by atoms with Crippen LogP contribution in [0.2, 0.25) is 0 Å². The summed E-state index contributed by atoms with van der Waals surface area (Å²) in [4.78, 5) is 16.8.